The Kier molecular flexibility index (Phi) is 5.65. The van der Waals surface area contributed by atoms with Gasteiger partial charge in [0.15, 0.2) is 0 Å². The molecule has 26 heavy (non-hydrogen) atoms. The monoisotopic (exact) mass is 350 g/mol. The van der Waals surface area contributed by atoms with Gasteiger partial charge in [0.25, 0.3) is 0 Å². The lowest BCUT2D eigenvalue weighted by atomic mass is 9.84. The fourth-order valence-corrected chi connectivity index (χ4v) is 3.22. The Bertz CT molecular complexity index is 1040. The van der Waals surface area contributed by atoms with Crippen LogP contribution >= 0.6 is 0 Å². The van der Waals surface area contributed by atoms with Crippen molar-refractivity contribution in [2.24, 2.45) is 5.92 Å². The maximum Gasteiger partial charge on any atom is 0.116 e. The molecule has 0 spiro atoms. The zero-order valence-electron chi connectivity index (χ0n) is 16.7. The van der Waals surface area contributed by atoms with Gasteiger partial charge < -0.3 is 10.2 Å². The first-order chi connectivity index (χ1) is 12.0. The van der Waals surface area contributed by atoms with E-state index in [0.29, 0.717) is 5.92 Å². The second-order valence-corrected chi connectivity index (χ2v) is 8.33. The molecule has 0 atom stereocenters. The molecular formula is C24H30O2. The van der Waals surface area contributed by atoms with Crippen molar-refractivity contribution in [2.45, 2.75) is 47.0 Å². The van der Waals surface area contributed by atoms with E-state index in [1.165, 1.54) is 0 Å². The number of phenols is 2. The molecule has 2 nitrogen and oxygen atoms in total. The van der Waals surface area contributed by atoms with E-state index >= 15 is 0 Å². The Morgan fingerprint density at radius 1 is 0.923 bits per heavy atom. The SMILES string of the molecule is C=c1cc(O)cc(C)c1=CC=c1c(C(C)(C)C)cc(O)cc1=CC(C)C. The molecule has 0 amide bonds. The summed E-state index contributed by atoms with van der Waals surface area (Å²) in [6, 6.07) is 7.10. The fraction of sp³-hybridized carbons (Fsp3) is 0.333. The van der Waals surface area contributed by atoms with Crippen molar-refractivity contribution in [2.75, 3.05) is 0 Å². The first-order valence-electron chi connectivity index (χ1n) is 9.05. The average molecular weight is 351 g/mol. The predicted molar refractivity (Wildman–Crippen MR) is 112 cm³/mol. The Hall–Kier alpha value is -2.48. The molecule has 2 rings (SSSR count). The molecule has 0 saturated heterocycles. The molecular weight excluding hydrogens is 320 g/mol. The topological polar surface area (TPSA) is 40.5 Å². The van der Waals surface area contributed by atoms with Gasteiger partial charge in [-0.3, -0.25) is 0 Å². The van der Waals surface area contributed by atoms with Crippen LogP contribution in [0.2, 0.25) is 0 Å². The Morgan fingerprint density at radius 3 is 2.04 bits per heavy atom. The Labute approximate surface area is 156 Å². The number of hydrogen-bond acceptors (Lipinski definition) is 2. The summed E-state index contributed by atoms with van der Waals surface area (Å²) in [6.07, 6.45) is 6.32. The van der Waals surface area contributed by atoms with E-state index in [4.69, 9.17) is 0 Å². The summed E-state index contributed by atoms with van der Waals surface area (Å²) in [4.78, 5) is 0. The van der Waals surface area contributed by atoms with Crippen molar-refractivity contribution < 1.29 is 10.2 Å². The molecule has 0 aliphatic carbocycles. The summed E-state index contributed by atoms with van der Waals surface area (Å²) < 4.78 is 0. The van der Waals surface area contributed by atoms with Crippen LogP contribution in [-0.2, 0) is 5.41 Å². The van der Waals surface area contributed by atoms with Crippen LogP contribution in [0.1, 0.15) is 45.7 Å². The lowest BCUT2D eigenvalue weighted by Gasteiger charge is -2.20. The summed E-state index contributed by atoms with van der Waals surface area (Å²) in [7, 11) is 0. The summed E-state index contributed by atoms with van der Waals surface area (Å²) in [5.74, 6) is 0.895. The summed E-state index contributed by atoms with van der Waals surface area (Å²) in [6.45, 7) is 16.7. The maximum atomic E-state index is 10.2. The van der Waals surface area contributed by atoms with Crippen molar-refractivity contribution in [3.05, 3.63) is 56.3 Å². The molecule has 0 unspecified atom stereocenters. The largest absolute Gasteiger partial charge is 0.508 e. The van der Waals surface area contributed by atoms with E-state index in [1.54, 1.807) is 12.1 Å². The lowest BCUT2D eigenvalue weighted by molar-refractivity contribution is 0.469. The van der Waals surface area contributed by atoms with Crippen LogP contribution in [0.3, 0.4) is 0 Å². The molecule has 0 fully saturated rings. The third-order valence-electron chi connectivity index (χ3n) is 4.39. The summed E-state index contributed by atoms with van der Waals surface area (Å²) in [5.41, 5.74) is 1.98. The van der Waals surface area contributed by atoms with Crippen LogP contribution in [0.15, 0.2) is 24.3 Å². The zero-order chi connectivity index (χ0) is 19.6. The quantitative estimate of drug-likeness (QED) is 0.874. The second-order valence-electron chi connectivity index (χ2n) is 8.33. The van der Waals surface area contributed by atoms with Crippen LogP contribution in [0.4, 0.5) is 0 Å². The lowest BCUT2D eigenvalue weighted by Crippen LogP contribution is -2.35. The van der Waals surface area contributed by atoms with Gasteiger partial charge in [-0.2, -0.15) is 0 Å². The van der Waals surface area contributed by atoms with Gasteiger partial charge in [0.05, 0.1) is 0 Å². The standard InChI is InChI=1S/C24H30O2/c1-15(2)10-18-13-20(26)14-23(24(5,6)7)22(18)9-8-21-16(3)11-19(25)12-17(21)4/h8-15,25-26H,3H2,1-2,4-7H3. The van der Waals surface area contributed by atoms with Crippen molar-refractivity contribution in [3.63, 3.8) is 0 Å². The van der Waals surface area contributed by atoms with Crippen LogP contribution in [-0.4, -0.2) is 10.2 Å². The number of rotatable bonds is 2. The van der Waals surface area contributed by atoms with Gasteiger partial charge in [-0.1, -0.05) is 59.4 Å². The van der Waals surface area contributed by atoms with Crippen LogP contribution in [0, 0.1) is 12.8 Å². The molecule has 0 saturated carbocycles. The first-order valence-corrected chi connectivity index (χ1v) is 9.05. The Morgan fingerprint density at radius 2 is 1.50 bits per heavy atom. The second kappa shape index (κ2) is 7.41. The molecule has 0 aliphatic heterocycles. The number of aryl methyl sites for hydroxylation is 1. The molecule has 0 aromatic heterocycles. The predicted octanol–water partition coefficient (Wildman–Crippen LogP) is 2.81. The third-order valence-corrected chi connectivity index (χ3v) is 4.39. The van der Waals surface area contributed by atoms with Crippen molar-refractivity contribution >= 4 is 24.8 Å². The minimum absolute atomic E-state index is 0.102. The summed E-state index contributed by atoms with van der Waals surface area (Å²) >= 11 is 0. The molecule has 2 aromatic rings. The molecule has 2 N–H and O–H groups in total. The number of aromatic hydroxyl groups is 2. The fourth-order valence-electron chi connectivity index (χ4n) is 3.22. The van der Waals surface area contributed by atoms with Gasteiger partial charge in [0.1, 0.15) is 11.5 Å². The molecule has 0 aliphatic rings. The van der Waals surface area contributed by atoms with Gasteiger partial charge in [0, 0.05) is 0 Å². The average Bonchev–Trinajstić information content (AvgIpc) is 2.45. The van der Waals surface area contributed by atoms with Gasteiger partial charge >= 0.3 is 0 Å². The molecule has 2 heteroatoms. The first kappa shape index (κ1) is 19.8. The van der Waals surface area contributed by atoms with Gasteiger partial charge in [-0.05, 0) is 74.5 Å². The van der Waals surface area contributed by atoms with Gasteiger partial charge in [-0.25, -0.2) is 0 Å². The Balaban J connectivity index is 2.95. The molecule has 2 aromatic carbocycles. The minimum Gasteiger partial charge on any atom is -0.508 e. The third kappa shape index (κ3) is 4.57. The minimum atomic E-state index is -0.102. The van der Waals surface area contributed by atoms with Crippen molar-refractivity contribution in [3.8, 4) is 11.5 Å². The highest BCUT2D eigenvalue weighted by Gasteiger charge is 2.16. The van der Waals surface area contributed by atoms with E-state index < -0.39 is 0 Å². The zero-order valence-corrected chi connectivity index (χ0v) is 16.7. The van der Waals surface area contributed by atoms with Gasteiger partial charge in [0.2, 0.25) is 0 Å². The molecule has 0 radical (unpaired) electrons. The van der Waals surface area contributed by atoms with Crippen LogP contribution in [0.5, 0.6) is 11.5 Å². The number of phenolic OH excluding ortho intramolecular Hbond substituents is 2. The maximum absolute atomic E-state index is 10.2. The van der Waals surface area contributed by atoms with Crippen molar-refractivity contribution in [1.82, 2.24) is 0 Å². The van der Waals surface area contributed by atoms with E-state index in [1.807, 2.05) is 19.1 Å². The van der Waals surface area contributed by atoms with E-state index in [9.17, 15) is 10.2 Å². The smallest absolute Gasteiger partial charge is 0.116 e. The highest BCUT2D eigenvalue weighted by molar-refractivity contribution is 5.64. The molecule has 0 heterocycles. The van der Waals surface area contributed by atoms with E-state index in [2.05, 4.69) is 59.4 Å². The van der Waals surface area contributed by atoms with Gasteiger partial charge in [-0.15, -0.1) is 0 Å². The molecule has 138 valence electrons. The normalized spacial score (nSPS) is 14.5. The highest BCUT2D eigenvalue weighted by Crippen LogP contribution is 2.21. The van der Waals surface area contributed by atoms with Crippen molar-refractivity contribution in [1.29, 1.82) is 0 Å². The highest BCUT2D eigenvalue weighted by atomic mass is 16.3. The number of hydrogen-bond donors (Lipinski definition) is 2. The number of benzene rings is 2. The van der Waals surface area contributed by atoms with E-state index in [-0.39, 0.29) is 16.9 Å². The van der Waals surface area contributed by atoms with Crippen LogP contribution < -0.4 is 20.9 Å². The van der Waals surface area contributed by atoms with E-state index in [0.717, 1.165) is 32.0 Å². The summed E-state index contributed by atoms with van der Waals surface area (Å²) in [5, 5.41) is 23.9. The molecule has 0 bridgehead atoms. The van der Waals surface area contributed by atoms with Crippen LogP contribution in [0.25, 0.3) is 24.8 Å².